The summed E-state index contributed by atoms with van der Waals surface area (Å²) in [6, 6.07) is 7.88. The number of nitrogens with one attached hydrogen (secondary N) is 1. The van der Waals surface area contributed by atoms with Gasteiger partial charge in [-0.3, -0.25) is 4.90 Å². The molecular formula is C17H27FN2. The molecule has 0 saturated carbocycles. The van der Waals surface area contributed by atoms with Crippen molar-refractivity contribution in [2.45, 2.75) is 45.7 Å². The largest absolute Gasteiger partial charge is 0.314 e. The monoisotopic (exact) mass is 278 g/mol. The first-order chi connectivity index (χ1) is 9.56. The Morgan fingerprint density at radius 3 is 2.60 bits per heavy atom. The summed E-state index contributed by atoms with van der Waals surface area (Å²) in [5, 5.41) is 3.55. The number of likely N-dealkylation sites (tertiary alicyclic amines) is 1. The molecule has 1 heterocycles. The number of nitrogens with zero attached hydrogens (tertiary/aromatic N) is 1. The molecule has 1 fully saturated rings. The zero-order chi connectivity index (χ0) is 14.5. The molecule has 1 N–H and O–H groups in total. The molecule has 0 radical (unpaired) electrons. The van der Waals surface area contributed by atoms with Crippen LogP contribution in [-0.4, -0.2) is 30.6 Å². The maximum Gasteiger partial charge on any atom is 0.123 e. The lowest BCUT2D eigenvalue weighted by Crippen LogP contribution is -2.41. The van der Waals surface area contributed by atoms with Crippen LogP contribution < -0.4 is 5.32 Å². The molecule has 2 rings (SSSR count). The summed E-state index contributed by atoms with van der Waals surface area (Å²) in [7, 11) is 0. The second-order valence-corrected chi connectivity index (χ2v) is 6.29. The van der Waals surface area contributed by atoms with E-state index >= 15 is 0 Å². The Morgan fingerprint density at radius 2 is 1.95 bits per heavy atom. The van der Waals surface area contributed by atoms with Gasteiger partial charge in [-0.05, 0) is 56.5 Å². The van der Waals surface area contributed by atoms with Gasteiger partial charge in [0.1, 0.15) is 5.82 Å². The van der Waals surface area contributed by atoms with Gasteiger partial charge < -0.3 is 5.32 Å². The lowest BCUT2D eigenvalue weighted by molar-refractivity contribution is 0.129. The van der Waals surface area contributed by atoms with Crippen LogP contribution in [0.2, 0.25) is 0 Å². The van der Waals surface area contributed by atoms with Crippen LogP contribution in [0.5, 0.6) is 0 Å². The van der Waals surface area contributed by atoms with Gasteiger partial charge in [0.2, 0.25) is 0 Å². The average Bonchev–Trinajstić information content (AvgIpc) is 2.45. The molecule has 1 saturated heterocycles. The van der Waals surface area contributed by atoms with E-state index in [-0.39, 0.29) is 5.82 Å². The first-order valence-corrected chi connectivity index (χ1v) is 7.79. The molecule has 0 aliphatic carbocycles. The second kappa shape index (κ2) is 7.19. The number of hydrogen-bond donors (Lipinski definition) is 1. The fraction of sp³-hybridized carbons (Fsp3) is 0.647. The summed E-state index contributed by atoms with van der Waals surface area (Å²) in [5.41, 5.74) is 1.21. The Balaban J connectivity index is 1.92. The van der Waals surface area contributed by atoms with Gasteiger partial charge in [-0.1, -0.05) is 26.0 Å². The van der Waals surface area contributed by atoms with Gasteiger partial charge in [0, 0.05) is 18.6 Å². The van der Waals surface area contributed by atoms with Crippen LogP contribution in [0.25, 0.3) is 0 Å². The molecule has 2 nitrogen and oxygen atoms in total. The molecule has 0 spiro atoms. The van der Waals surface area contributed by atoms with E-state index in [9.17, 15) is 4.39 Å². The zero-order valence-electron chi connectivity index (χ0n) is 12.9. The molecule has 112 valence electrons. The molecule has 3 heteroatoms. The normalized spacial score (nSPS) is 22.1. The SMILES string of the molecule is CC(C)NCC1CCCN(C(C)c2ccc(F)cc2)C1. The summed E-state index contributed by atoms with van der Waals surface area (Å²) >= 11 is 0. The van der Waals surface area contributed by atoms with Crippen molar-refractivity contribution >= 4 is 0 Å². The summed E-state index contributed by atoms with van der Waals surface area (Å²) in [5.74, 6) is 0.577. The van der Waals surface area contributed by atoms with E-state index in [0.29, 0.717) is 12.1 Å². The summed E-state index contributed by atoms with van der Waals surface area (Å²) in [6.45, 7) is 10.0. The zero-order valence-corrected chi connectivity index (χ0v) is 12.9. The summed E-state index contributed by atoms with van der Waals surface area (Å²) in [6.07, 6.45) is 2.57. The van der Waals surface area contributed by atoms with E-state index in [2.05, 4.69) is 31.0 Å². The maximum atomic E-state index is 13.0. The van der Waals surface area contributed by atoms with E-state index in [0.717, 1.165) is 25.6 Å². The molecule has 20 heavy (non-hydrogen) atoms. The van der Waals surface area contributed by atoms with Gasteiger partial charge >= 0.3 is 0 Å². The van der Waals surface area contributed by atoms with E-state index in [1.54, 1.807) is 12.1 Å². The lowest BCUT2D eigenvalue weighted by atomic mass is 9.95. The first kappa shape index (κ1) is 15.5. The third-order valence-electron chi connectivity index (χ3n) is 4.27. The van der Waals surface area contributed by atoms with Crippen molar-refractivity contribution in [1.29, 1.82) is 0 Å². The van der Waals surface area contributed by atoms with Gasteiger partial charge in [0.05, 0.1) is 0 Å². The smallest absolute Gasteiger partial charge is 0.123 e. The van der Waals surface area contributed by atoms with Crippen molar-refractivity contribution in [2.75, 3.05) is 19.6 Å². The molecule has 1 aliphatic heterocycles. The van der Waals surface area contributed by atoms with Gasteiger partial charge in [-0.2, -0.15) is 0 Å². The van der Waals surface area contributed by atoms with Crippen molar-refractivity contribution in [1.82, 2.24) is 10.2 Å². The highest BCUT2D eigenvalue weighted by molar-refractivity contribution is 5.19. The molecule has 2 unspecified atom stereocenters. The molecule has 1 aromatic carbocycles. The molecule has 2 atom stereocenters. The Morgan fingerprint density at radius 1 is 1.25 bits per heavy atom. The third kappa shape index (κ3) is 4.29. The molecule has 0 bridgehead atoms. The topological polar surface area (TPSA) is 15.3 Å². The molecule has 0 amide bonds. The number of rotatable bonds is 5. The Labute approximate surface area is 122 Å². The highest BCUT2D eigenvalue weighted by atomic mass is 19.1. The summed E-state index contributed by atoms with van der Waals surface area (Å²) < 4.78 is 13.0. The summed E-state index contributed by atoms with van der Waals surface area (Å²) in [4.78, 5) is 2.53. The Kier molecular flexibility index (Phi) is 5.55. The average molecular weight is 278 g/mol. The fourth-order valence-electron chi connectivity index (χ4n) is 2.97. The van der Waals surface area contributed by atoms with Gasteiger partial charge in [-0.25, -0.2) is 4.39 Å². The van der Waals surface area contributed by atoms with E-state index in [1.165, 1.54) is 18.4 Å². The fourth-order valence-corrected chi connectivity index (χ4v) is 2.97. The Hall–Kier alpha value is -0.930. The predicted molar refractivity (Wildman–Crippen MR) is 82.3 cm³/mol. The van der Waals surface area contributed by atoms with Crippen molar-refractivity contribution in [2.24, 2.45) is 5.92 Å². The van der Waals surface area contributed by atoms with Crippen molar-refractivity contribution in [3.8, 4) is 0 Å². The lowest BCUT2D eigenvalue weighted by Gasteiger charge is -2.37. The minimum atomic E-state index is -0.154. The number of piperidine rings is 1. The van der Waals surface area contributed by atoms with Gasteiger partial charge in [-0.15, -0.1) is 0 Å². The van der Waals surface area contributed by atoms with Crippen molar-refractivity contribution in [3.05, 3.63) is 35.6 Å². The highest BCUT2D eigenvalue weighted by Crippen LogP contribution is 2.26. The van der Waals surface area contributed by atoms with Crippen LogP contribution >= 0.6 is 0 Å². The molecule has 1 aromatic rings. The number of halogens is 1. The van der Waals surface area contributed by atoms with Crippen molar-refractivity contribution < 1.29 is 4.39 Å². The molecular weight excluding hydrogens is 251 g/mol. The first-order valence-electron chi connectivity index (χ1n) is 7.79. The Bertz CT molecular complexity index is 402. The van der Waals surface area contributed by atoms with Crippen LogP contribution in [0.15, 0.2) is 24.3 Å². The second-order valence-electron chi connectivity index (χ2n) is 6.29. The van der Waals surface area contributed by atoms with E-state index in [4.69, 9.17) is 0 Å². The van der Waals surface area contributed by atoms with Crippen molar-refractivity contribution in [3.63, 3.8) is 0 Å². The predicted octanol–water partition coefficient (Wildman–Crippen LogP) is 3.60. The van der Waals surface area contributed by atoms with Crippen LogP contribution in [-0.2, 0) is 0 Å². The molecule has 1 aliphatic rings. The maximum absolute atomic E-state index is 13.0. The standard InChI is InChI=1S/C17H27FN2/c1-13(2)19-11-15-5-4-10-20(12-15)14(3)16-6-8-17(18)9-7-16/h6-9,13-15,19H,4-5,10-12H2,1-3H3. The highest BCUT2D eigenvalue weighted by Gasteiger charge is 2.24. The van der Waals surface area contributed by atoms with E-state index in [1.807, 2.05) is 12.1 Å². The third-order valence-corrected chi connectivity index (χ3v) is 4.27. The van der Waals surface area contributed by atoms with Gasteiger partial charge in [0.15, 0.2) is 0 Å². The minimum absolute atomic E-state index is 0.154. The number of hydrogen-bond acceptors (Lipinski definition) is 2. The molecule has 0 aromatic heterocycles. The van der Waals surface area contributed by atoms with Crippen LogP contribution in [0.4, 0.5) is 4.39 Å². The van der Waals surface area contributed by atoms with Crippen LogP contribution in [0.1, 0.15) is 45.2 Å². The van der Waals surface area contributed by atoms with Crippen LogP contribution in [0, 0.1) is 11.7 Å². The quantitative estimate of drug-likeness (QED) is 0.885. The minimum Gasteiger partial charge on any atom is -0.314 e. The van der Waals surface area contributed by atoms with E-state index < -0.39 is 0 Å². The number of benzene rings is 1. The van der Waals surface area contributed by atoms with Gasteiger partial charge in [0.25, 0.3) is 0 Å². The van der Waals surface area contributed by atoms with Crippen LogP contribution in [0.3, 0.4) is 0 Å².